The van der Waals surface area contributed by atoms with Gasteiger partial charge < -0.3 is 14.9 Å². The highest BCUT2D eigenvalue weighted by molar-refractivity contribution is 5.69. The minimum absolute atomic E-state index is 0.188. The van der Waals surface area contributed by atoms with Crippen molar-refractivity contribution >= 4 is 5.97 Å². The first-order valence-corrected chi connectivity index (χ1v) is 9.50. The third kappa shape index (κ3) is 15.6. The summed E-state index contributed by atoms with van der Waals surface area (Å²) < 4.78 is 4.83. The van der Waals surface area contributed by atoms with Gasteiger partial charge in [-0.05, 0) is 19.8 Å². The second-order valence-electron chi connectivity index (χ2n) is 5.90. The van der Waals surface area contributed by atoms with Crippen molar-refractivity contribution in [3.05, 3.63) is 0 Å². The lowest BCUT2D eigenvalue weighted by atomic mass is 10.1. The normalized spacial score (nSPS) is 11.7. The standard InChI is InChI=1S/C22H32O4/c1-3-5-6-7-11-14-17-20(23)21(24)18-15-12-9-8-10-13-16-19-22(25)26-4-2/h20-21,23-24H,3-7,9,13,16-19H2,1-2H3/t20-,21-/m0/s1. The molecule has 0 saturated heterocycles. The van der Waals surface area contributed by atoms with E-state index in [0.29, 0.717) is 32.3 Å². The van der Waals surface area contributed by atoms with Crippen LogP contribution in [0.3, 0.4) is 0 Å². The van der Waals surface area contributed by atoms with Gasteiger partial charge in [0.15, 0.2) is 0 Å². The van der Waals surface area contributed by atoms with Gasteiger partial charge in [-0.1, -0.05) is 37.5 Å². The zero-order chi connectivity index (χ0) is 19.5. The third-order valence-corrected chi connectivity index (χ3v) is 3.51. The molecule has 0 amide bonds. The molecule has 144 valence electrons. The topological polar surface area (TPSA) is 66.8 Å². The number of rotatable bonds is 10. The van der Waals surface area contributed by atoms with E-state index >= 15 is 0 Å². The fourth-order valence-corrected chi connectivity index (χ4v) is 1.99. The smallest absolute Gasteiger partial charge is 0.305 e. The Balaban J connectivity index is 3.82. The van der Waals surface area contributed by atoms with Crippen molar-refractivity contribution in [3.8, 4) is 35.5 Å². The van der Waals surface area contributed by atoms with Gasteiger partial charge in [0.05, 0.1) is 25.2 Å². The number of aliphatic hydroxyl groups is 2. The molecule has 0 bridgehead atoms. The minimum Gasteiger partial charge on any atom is -0.466 e. The number of esters is 1. The summed E-state index contributed by atoms with van der Waals surface area (Å²) in [5.41, 5.74) is 0. The first-order chi connectivity index (χ1) is 12.6. The Morgan fingerprint density at radius 1 is 0.846 bits per heavy atom. The Labute approximate surface area is 158 Å². The van der Waals surface area contributed by atoms with E-state index in [9.17, 15) is 15.0 Å². The average molecular weight is 360 g/mol. The first kappa shape index (κ1) is 24.1. The Hall–Kier alpha value is -1.93. The third-order valence-electron chi connectivity index (χ3n) is 3.51. The van der Waals surface area contributed by atoms with Gasteiger partial charge in [0.25, 0.3) is 0 Å². The number of hydrogen-bond donors (Lipinski definition) is 2. The van der Waals surface area contributed by atoms with Crippen LogP contribution in [0, 0.1) is 35.5 Å². The maximum atomic E-state index is 11.1. The summed E-state index contributed by atoms with van der Waals surface area (Å²) in [6.07, 6.45) is 5.12. The van der Waals surface area contributed by atoms with E-state index in [4.69, 9.17) is 4.74 Å². The number of ether oxygens (including phenoxy) is 1. The average Bonchev–Trinajstić information content (AvgIpc) is 2.63. The molecule has 0 aromatic carbocycles. The second kappa shape index (κ2) is 17.9. The number of hydrogen-bond acceptors (Lipinski definition) is 4. The van der Waals surface area contributed by atoms with Crippen molar-refractivity contribution in [2.75, 3.05) is 6.61 Å². The molecule has 0 aliphatic rings. The summed E-state index contributed by atoms with van der Waals surface area (Å²) in [4.78, 5) is 11.1. The summed E-state index contributed by atoms with van der Waals surface area (Å²) in [6.45, 7) is 4.34. The molecule has 4 heteroatoms. The highest BCUT2D eigenvalue weighted by Gasteiger charge is 2.13. The SMILES string of the molecule is CCCCCC#CC[C@H](O)[C@@H](O)CC#CCC#CCCCC(=O)OCC. The monoisotopic (exact) mass is 360 g/mol. The van der Waals surface area contributed by atoms with Gasteiger partial charge in [0.2, 0.25) is 0 Å². The van der Waals surface area contributed by atoms with Gasteiger partial charge in [-0.3, -0.25) is 4.79 Å². The van der Waals surface area contributed by atoms with Crippen molar-refractivity contribution in [1.82, 2.24) is 0 Å². The maximum Gasteiger partial charge on any atom is 0.305 e. The van der Waals surface area contributed by atoms with E-state index in [1.165, 1.54) is 12.8 Å². The van der Waals surface area contributed by atoms with E-state index < -0.39 is 12.2 Å². The summed E-state index contributed by atoms with van der Waals surface area (Å²) in [6, 6.07) is 0. The largest absolute Gasteiger partial charge is 0.466 e. The molecule has 2 N–H and O–H groups in total. The van der Waals surface area contributed by atoms with Crippen molar-refractivity contribution in [3.63, 3.8) is 0 Å². The van der Waals surface area contributed by atoms with Crippen LogP contribution in [0.15, 0.2) is 0 Å². The van der Waals surface area contributed by atoms with E-state index in [1.807, 2.05) is 0 Å². The Bertz CT molecular complexity index is 548. The Morgan fingerprint density at radius 3 is 2.08 bits per heavy atom. The van der Waals surface area contributed by atoms with Crippen LogP contribution in [0.5, 0.6) is 0 Å². The molecule has 0 spiro atoms. The summed E-state index contributed by atoms with van der Waals surface area (Å²) >= 11 is 0. The molecule has 0 aromatic heterocycles. The minimum atomic E-state index is -0.884. The fourth-order valence-electron chi connectivity index (χ4n) is 1.99. The maximum absolute atomic E-state index is 11.1. The quantitative estimate of drug-likeness (QED) is 0.357. The van der Waals surface area contributed by atoms with Crippen molar-refractivity contribution in [2.45, 2.75) is 90.3 Å². The lowest BCUT2D eigenvalue weighted by molar-refractivity contribution is -0.143. The predicted octanol–water partition coefficient (Wildman–Crippen LogP) is 3.20. The van der Waals surface area contributed by atoms with Gasteiger partial charge in [-0.2, -0.15) is 0 Å². The van der Waals surface area contributed by atoms with Crippen LogP contribution in [0.25, 0.3) is 0 Å². The lowest BCUT2D eigenvalue weighted by Crippen LogP contribution is -2.24. The summed E-state index contributed by atoms with van der Waals surface area (Å²) in [5, 5.41) is 19.6. The van der Waals surface area contributed by atoms with Crippen LogP contribution in [0.1, 0.15) is 78.1 Å². The molecule has 0 fully saturated rings. The molecule has 0 aliphatic carbocycles. The van der Waals surface area contributed by atoms with Gasteiger partial charge in [-0.25, -0.2) is 0 Å². The molecule has 0 unspecified atom stereocenters. The van der Waals surface area contributed by atoms with Crippen LogP contribution in [0.2, 0.25) is 0 Å². The molecule has 0 saturated carbocycles. The van der Waals surface area contributed by atoms with Gasteiger partial charge in [0.1, 0.15) is 0 Å². The molecule has 2 atom stereocenters. The number of aliphatic hydroxyl groups excluding tert-OH is 2. The van der Waals surface area contributed by atoms with Crippen molar-refractivity contribution in [1.29, 1.82) is 0 Å². The van der Waals surface area contributed by atoms with Gasteiger partial charge in [0, 0.05) is 32.1 Å². The fraction of sp³-hybridized carbons (Fsp3) is 0.682. The molecular weight excluding hydrogens is 328 g/mol. The van der Waals surface area contributed by atoms with Crippen LogP contribution >= 0.6 is 0 Å². The van der Waals surface area contributed by atoms with Crippen LogP contribution in [-0.2, 0) is 9.53 Å². The summed E-state index contributed by atoms with van der Waals surface area (Å²) in [5.74, 6) is 17.3. The number of carbonyl (C=O) groups excluding carboxylic acids is 1. The summed E-state index contributed by atoms with van der Waals surface area (Å²) in [7, 11) is 0. The van der Waals surface area contributed by atoms with Gasteiger partial charge in [-0.15, -0.1) is 17.8 Å². The Morgan fingerprint density at radius 2 is 1.42 bits per heavy atom. The zero-order valence-electron chi connectivity index (χ0n) is 16.1. The molecule has 0 aliphatic heterocycles. The number of unbranched alkanes of at least 4 members (excludes halogenated alkanes) is 4. The van der Waals surface area contributed by atoms with Crippen LogP contribution in [-0.4, -0.2) is 35.0 Å². The van der Waals surface area contributed by atoms with Gasteiger partial charge >= 0.3 is 5.97 Å². The van der Waals surface area contributed by atoms with Crippen molar-refractivity contribution < 1.29 is 19.7 Å². The highest BCUT2D eigenvalue weighted by atomic mass is 16.5. The molecule has 0 heterocycles. The molecule has 4 nitrogen and oxygen atoms in total. The van der Waals surface area contributed by atoms with E-state index in [2.05, 4.69) is 42.4 Å². The molecular formula is C22H32O4. The highest BCUT2D eigenvalue weighted by Crippen LogP contribution is 2.03. The van der Waals surface area contributed by atoms with Crippen LogP contribution < -0.4 is 0 Å². The van der Waals surface area contributed by atoms with E-state index in [1.54, 1.807) is 6.92 Å². The second-order valence-corrected chi connectivity index (χ2v) is 5.90. The molecule has 26 heavy (non-hydrogen) atoms. The first-order valence-electron chi connectivity index (χ1n) is 9.50. The number of carbonyl (C=O) groups is 1. The van der Waals surface area contributed by atoms with E-state index in [-0.39, 0.29) is 18.8 Å². The lowest BCUT2D eigenvalue weighted by Gasteiger charge is -2.12. The predicted molar refractivity (Wildman–Crippen MR) is 104 cm³/mol. The van der Waals surface area contributed by atoms with E-state index in [0.717, 1.165) is 12.8 Å². The molecule has 0 aromatic rings. The molecule has 0 rings (SSSR count). The molecule has 0 radical (unpaired) electrons. The Kier molecular flexibility index (Phi) is 16.6. The zero-order valence-corrected chi connectivity index (χ0v) is 16.1. The van der Waals surface area contributed by atoms with Crippen LogP contribution in [0.4, 0.5) is 0 Å². The van der Waals surface area contributed by atoms with Crippen molar-refractivity contribution in [2.24, 2.45) is 0 Å².